The molecule has 1 saturated carbocycles. The Labute approximate surface area is 103 Å². The highest BCUT2D eigenvalue weighted by Gasteiger charge is 2.26. The SMILES string of the molecule is Cc1ccc(O)c(CNC2(C)CCCCC2)n1. The van der Waals surface area contributed by atoms with Gasteiger partial charge in [0.2, 0.25) is 0 Å². The van der Waals surface area contributed by atoms with Gasteiger partial charge in [0.15, 0.2) is 0 Å². The zero-order valence-corrected chi connectivity index (χ0v) is 10.8. The Morgan fingerprint density at radius 2 is 2.00 bits per heavy atom. The van der Waals surface area contributed by atoms with E-state index in [1.54, 1.807) is 6.07 Å². The van der Waals surface area contributed by atoms with Gasteiger partial charge in [-0.15, -0.1) is 0 Å². The maximum absolute atomic E-state index is 9.75. The predicted octanol–water partition coefficient (Wildman–Crippen LogP) is 2.91. The van der Waals surface area contributed by atoms with Crippen molar-refractivity contribution < 1.29 is 5.11 Å². The average molecular weight is 234 g/mol. The molecule has 1 heterocycles. The highest BCUT2D eigenvalue weighted by atomic mass is 16.3. The van der Waals surface area contributed by atoms with Gasteiger partial charge in [-0.05, 0) is 38.8 Å². The van der Waals surface area contributed by atoms with Gasteiger partial charge in [-0.2, -0.15) is 0 Å². The molecule has 3 heteroatoms. The summed E-state index contributed by atoms with van der Waals surface area (Å²) in [6.45, 7) is 4.88. The predicted molar refractivity (Wildman–Crippen MR) is 69.0 cm³/mol. The Hall–Kier alpha value is -1.09. The molecule has 17 heavy (non-hydrogen) atoms. The molecule has 2 N–H and O–H groups in total. The van der Waals surface area contributed by atoms with E-state index in [0.717, 1.165) is 11.4 Å². The van der Waals surface area contributed by atoms with Crippen LogP contribution in [0.4, 0.5) is 0 Å². The van der Waals surface area contributed by atoms with Crippen LogP contribution in [0.3, 0.4) is 0 Å². The Morgan fingerprint density at radius 3 is 2.71 bits per heavy atom. The number of hydrogen-bond donors (Lipinski definition) is 2. The van der Waals surface area contributed by atoms with E-state index in [-0.39, 0.29) is 5.54 Å². The largest absolute Gasteiger partial charge is 0.506 e. The lowest BCUT2D eigenvalue weighted by Gasteiger charge is -2.34. The first-order valence-corrected chi connectivity index (χ1v) is 6.50. The molecule has 0 amide bonds. The molecule has 2 rings (SSSR count). The molecule has 0 radical (unpaired) electrons. The first kappa shape index (κ1) is 12.4. The van der Waals surface area contributed by atoms with E-state index in [2.05, 4.69) is 17.2 Å². The molecule has 3 nitrogen and oxygen atoms in total. The van der Waals surface area contributed by atoms with Crippen molar-refractivity contribution in [3.8, 4) is 5.75 Å². The lowest BCUT2D eigenvalue weighted by atomic mass is 9.83. The van der Waals surface area contributed by atoms with E-state index in [9.17, 15) is 5.11 Å². The summed E-state index contributed by atoms with van der Waals surface area (Å²) in [4.78, 5) is 4.38. The maximum atomic E-state index is 9.75. The smallest absolute Gasteiger partial charge is 0.138 e. The van der Waals surface area contributed by atoms with E-state index >= 15 is 0 Å². The summed E-state index contributed by atoms with van der Waals surface area (Å²) in [6.07, 6.45) is 6.40. The summed E-state index contributed by atoms with van der Waals surface area (Å²) >= 11 is 0. The van der Waals surface area contributed by atoms with Crippen LogP contribution in [0.2, 0.25) is 0 Å². The van der Waals surface area contributed by atoms with Crippen molar-refractivity contribution in [2.45, 2.75) is 58.0 Å². The minimum absolute atomic E-state index is 0.218. The number of rotatable bonds is 3. The Balaban J connectivity index is 1.99. The number of aryl methyl sites for hydroxylation is 1. The number of nitrogens with zero attached hydrogens (tertiary/aromatic N) is 1. The molecular formula is C14H22N2O. The van der Waals surface area contributed by atoms with Crippen molar-refractivity contribution in [1.82, 2.24) is 10.3 Å². The Morgan fingerprint density at radius 1 is 1.29 bits per heavy atom. The second kappa shape index (κ2) is 5.05. The molecular weight excluding hydrogens is 212 g/mol. The normalized spacial score (nSPS) is 19.2. The summed E-state index contributed by atoms with van der Waals surface area (Å²) in [5, 5.41) is 13.3. The van der Waals surface area contributed by atoms with Crippen molar-refractivity contribution >= 4 is 0 Å². The number of aromatic nitrogens is 1. The van der Waals surface area contributed by atoms with Crippen molar-refractivity contribution in [2.75, 3.05) is 0 Å². The van der Waals surface area contributed by atoms with Crippen LogP contribution in [0, 0.1) is 6.92 Å². The molecule has 0 spiro atoms. The summed E-state index contributed by atoms with van der Waals surface area (Å²) in [6, 6.07) is 3.56. The van der Waals surface area contributed by atoms with Gasteiger partial charge >= 0.3 is 0 Å². The van der Waals surface area contributed by atoms with Gasteiger partial charge in [0.05, 0.1) is 5.69 Å². The molecule has 0 aliphatic heterocycles. The highest BCUT2D eigenvalue weighted by Crippen LogP contribution is 2.28. The molecule has 0 aromatic carbocycles. The van der Waals surface area contributed by atoms with E-state index < -0.39 is 0 Å². The van der Waals surface area contributed by atoms with E-state index in [1.165, 1.54) is 32.1 Å². The molecule has 94 valence electrons. The molecule has 1 aromatic rings. The zero-order valence-electron chi connectivity index (χ0n) is 10.8. The molecule has 1 fully saturated rings. The quantitative estimate of drug-likeness (QED) is 0.845. The molecule has 1 aromatic heterocycles. The van der Waals surface area contributed by atoms with Gasteiger partial charge < -0.3 is 10.4 Å². The minimum Gasteiger partial charge on any atom is -0.506 e. The topological polar surface area (TPSA) is 45.1 Å². The van der Waals surface area contributed by atoms with Crippen LogP contribution in [0.1, 0.15) is 50.4 Å². The first-order valence-electron chi connectivity index (χ1n) is 6.50. The fourth-order valence-corrected chi connectivity index (χ4v) is 2.54. The van der Waals surface area contributed by atoms with Crippen molar-refractivity contribution in [2.24, 2.45) is 0 Å². The van der Waals surface area contributed by atoms with Crippen LogP contribution < -0.4 is 5.32 Å². The summed E-state index contributed by atoms with van der Waals surface area (Å²) in [5.74, 6) is 0.294. The lowest BCUT2D eigenvalue weighted by Crippen LogP contribution is -2.43. The van der Waals surface area contributed by atoms with Crippen molar-refractivity contribution in [1.29, 1.82) is 0 Å². The standard InChI is InChI=1S/C14H22N2O/c1-11-6-7-13(17)12(16-11)10-15-14(2)8-4-3-5-9-14/h6-7,15,17H,3-5,8-10H2,1-2H3. The van der Waals surface area contributed by atoms with E-state index in [4.69, 9.17) is 0 Å². The van der Waals surface area contributed by atoms with Crippen LogP contribution in [-0.2, 0) is 6.54 Å². The molecule has 0 atom stereocenters. The molecule has 1 aliphatic rings. The van der Waals surface area contributed by atoms with Crippen LogP contribution in [-0.4, -0.2) is 15.6 Å². The Kier molecular flexibility index (Phi) is 3.67. The summed E-state index contributed by atoms with van der Waals surface area (Å²) in [5.41, 5.74) is 1.93. The highest BCUT2D eigenvalue weighted by molar-refractivity contribution is 5.27. The zero-order chi connectivity index (χ0) is 12.3. The minimum atomic E-state index is 0.218. The molecule has 0 bridgehead atoms. The van der Waals surface area contributed by atoms with Crippen molar-refractivity contribution in [3.05, 3.63) is 23.5 Å². The summed E-state index contributed by atoms with van der Waals surface area (Å²) < 4.78 is 0. The maximum Gasteiger partial charge on any atom is 0.138 e. The van der Waals surface area contributed by atoms with Gasteiger partial charge in [-0.1, -0.05) is 19.3 Å². The number of aromatic hydroxyl groups is 1. The van der Waals surface area contributed by atoms with Gasteiger partial charge in [0, 0.05) is 17.8 Å². The molecule has 0 unspecified atom stereocenters. The second-order valence-corrected chi connectivity index (χ2v) is 5.39. The van der Waals surface area contributed by atoms with E-state index in [1.807, 2.05) is 13.0 Å². The second-order valence-electron chi connectivity index (χ2n) is 5.39. The van der Waals surface area contributed by atoms with Gasteiger partial charge in [-0.3, -0.25) is 4.98 Å². The van der Waals surface area contributed by atoms with Gasteiger partial charge in [0.25, 0.3) is 0 Å². The number of nitrogens with one attached hydrogen (secondary N) is 1. The third-order valence-electron chi connectivity index (χ3n) is 3.73. The first-order chi connectivity index (χ1) is 8.09. The number of hydrogen-bond acceptors (Lipinski definition) is 3. The van der Waals surface area contributed by atoms with Gasteiger partial charge in [-0.25, -0.2) is 0 Å². The third kappa shape index (κ3) is 3.19. The third-order valence-corrected chi connectivity index (χ3v) is 3.73. The monoisotopic (exact) mass is 234 g/mol. The number of pyridine rings is 1. The molecule has 0 saturated heterocycles. The van der Waals surface area contributed by atoms with Crippen LogP contribution in [0.15, 0.2) is 12.1 Å². The molecule has 1 aliphatic carbocycles. The van der Waals surface area contributed by atoms with Crippen LogP contribution >= 0.6 is 0 Å². The van der Waals surface area contributed by atoms with Crippen LogP contribution in [0.5, 0.6) is 5.75 Å². The lowest BCUT2D eigenvalue weighted by molar-refractivity contribution is 0.250. The fourth-order valence-electron chi connectivity index (χ4n) is 2.54. The van der Waals surface area contributed by atoms with Crippen molar-refractivity contribution in [3.63, 3.8) is 0 Å². The Bertz CT molecular complexity index is 384. The van der Waals surface area contributed by atoms with E-state index in [0.29, 0.717) is 12.3 Å². The average Bonchev–Trinajstić information content (AvgIpc) is 2.31. The fraction of sp³-hybridized carbons (Fsp3) is 0.643. The van der Waals surface area contributed by atoms with Gasteiger partial charge in [0.1, 0.15) is 5.75 Å². The summed E-state index contributed by atoms with van der Waals surface area (Å²) in [7, 11) is 0. The van der Waals surface area contributed by atoms with Crippen LogP contribution in [0.25, 0.3) is 0 Å².